The molecule has 20 heavy (non-hydrogen) atoms. The molecule has 0 aliphatic rings. The van der Waals surface area contributed by atoms with E-state index in [1.807, 2.05) is 30.3 Å². The van der Waals surface area contributed by atoms with Crippen LogP contribution in [0.1, 0.15) is 6.42 Å². The summed E-state index contributed by atoms with van der Waals surface area (Å²) in [5, 5.41) is 3.29. The van der Waals surface area contributed by atoms with E-state index in [4.69, 9.17) is 5.73 Å². The molecule has 1 heterocycles. The average Bonchev–Trinajstić information content (AvgIpc) is 2.44. The van der Waals surface area contributed by atoms with Crippen molar-refractivity contribution >= 4 is 11.6 Å². The first kappa shape index (κ1) is 14.3. The van der Waals surface area contributed by atoms with Crippen molar-refractivity contribution in [2.45, 2.75) is 6.42 Å². The van der Waals surface area contributed by atoms with Gasteiger partial charge in [-0.15, -0.1) is 0 Å². The summed E-state index contributed by atoms with van der Waals surface area (Å²) in [4.78, 5) is 10.9. The van der Waals surface area contributed by atoms with Gasteiger partial charge in [-0.1, -0.05) is 30.3 Å². The van der Waals surface area contributed by atoms with Crippen LogP contribution in [0.2, 0.25) is 0 Å². The van der Waals surface area contributed by atoms with Crippen LogP contribution < -0.4 is 11.1 Å². The Hall–Kier alpha value is -2.14. The number of nitrogens with zero attached hydrogens (tertiary/aromatic N) is 3. The smallest absolute Gasteiger partial charge is 0.163 e. The molecule has 5 nitrogen and oxygen atoms in total. The molecule has 0 bridgehead atoms. The maximum atomic E-state index is 5.85. The number of nitrogens with one attached hydrogen (secondary N) is 1. The summed E-state index contributed by atoms with van der Waals surface area (Å²) >= 11 is 0. The van der Waals surface area contributed by atoms with Gasteiger partial charge in [-0.05, 0) is 27.1 Å². The number of aromatic nitrogens is 2. The van der Waals surface area contributed by atoms with Gasteiger partial charge >= 0.3 is 0 Å². The standard InChI is InChI=1S/C15H21N5/c1-20(2)10-6-9-17-14-11-13(16)18-15(19-14)12-7-4-3-5-8-12/h3-5,7-8,11H,6,9-10H2,1-2H3,(H3,16,17,18,19). The number of nitrogens with two attached hydrogens (primary N) is 1. The third-order valence-electron chi connectivity index (χ3n) is 2.87. The van der Waals surface area contributed by atoms with E-state index < -0.39 is 0 Å². The van der Waals surface area contributed by atoms with Gasteiger partial charge in [0.2, 0.25) is 0 Å². The predicted octanol–water partition coefficient (Wildman–Crippen LogP) is 2.09. The van der Waals surface area contributed by atoms with Crippen molar-refractivity contribution in [1.29, 1.82) is 0 Å². The van der Waals surface area contributed by atoms with Gasteiger partial charge in [-0.3, -0.25) is 0 Å². The van der Waals surface area contributed by atoms with Crippen molar-refractivity contribution in [3.8, 4) is 11.4 Å². The van der Waals surface area contributed by atoms with E-state index in [1.54, 1.807) is 6.07 Å². The summed E-state index contributed by atoms with van der Waals surface area (Å²) in [6, 6.07) is 11.6. The molecule has 5 heteroatoms. The number of benzene rings is 1. The number of nitrogen functional groups attached to an aromatic ring is 1. The fraction of sp³-hybridized carbons (Fsp3) is 0.333. The molecular weight excluding hydrogens is 250 g/mol. The molecule has 0 amide bonds. The zero-order valence-corrected chi connectivity index (χ0v) is 12.0. The summed E-state index contributed by atoms with van der Waals surface area (Å²) in [5.74, 6) is 1.91. The molecule has 0 unspecified atom stereocenters. The molecule has 106 valence electrons. The highest BCUT2D eigenvalue weighted by atomic mass is 15.1. The molecule has 0 fully saturated rings. The van der Waals surface area contributed by atoms with Crippen LogP contribution >= 0.6 is 0 Å². The quantitative estimate of drug-likeness (QED) is 0.787. The maximum absolute atomic E-state index is 5.85. The molecule has 0 spiro atoms. The largest absolute Gasteiger partial charge is 0.384 e. The lowest BCUT2D eigenvalue weighted by atomic mass is 10.2. The molecule has 3 N–H and O–H groups in total. The Morgan fingerprint density at radius 2 is 1.90 bits per heavy atom. The minimum absolute atomic E-state index is 0.481. The second-order valence-corrected chi connectivity index (χ2v) is 4.95. The number of rotatable bonds is 6. The van der Waals surface area contributed by atoms with E-state index in [-0.39, 0.29) is 0 Å². The molecule has 0 saturated heterocycles. The highest BCUT2D eigenvalue weighted by Crippen LogP contribution is 2.18. The van der Waals surface area contributed by atoms with E-state index in [1.165, 1.54) is 0 Å². The van der Waals surface area contributed by atoms with Crippen molar-refractivity contribution in [2.24, 2.45) is 0 Å². The lowest BCUT2D eigenvalue weighted by Crippen LogP contribution is -2.16. The Labute approximate surface area is 119 Å². The number of hydrogen-bond donors (Lipinski definition) is 2. The van der Waals surface area contributed by atoms with Crippen molar-refractivity contribution in [3.63, 3.8) is 0 Å². The van der Waals surface area contributed by atoms with E-state index in [9.17, 15) is 0 Å². The maximum Gasteiger partial charge on any atom is 0.163 e. The van der Waals surface area contributed by atoms with E-state index in [0.29, 0.717) is 11.6 Å². The summed E-state index contributed by atoms with van der Waals surface area (Å²) < 4.78 is 0. The summed E-state index contributed by atoms with van der Waals surface area (Å²) in [5.41, 5.74) is 6.82. The van der Waals surface area contributed by atoms with Crippen LogP contribution in [0.15, 0.2) is 36.4 Å². The van der Waals surface area contributed by atoms with E-state index >= 15 is 0 Å². The van der Waals surface area contributed by atoms with Gasteiger partial charge in [0.1, 0.15) is 11.6 Å². The van der Waals surface area contributed by atoms with Gasteiger partial charge in [0, 0.05) is 18.2 Å². The van der Waals surface area contributed by atoms with Crippen LogP contribution in [0.3, 0.4) is 0 Å². The normalized spacial score (nSPS) is 10.8. The van der Waals surface area contributed by atoms with Gasteiger partial charge in [0.05, 0.1) is 0 Å². The van der Waals surface area contributed by atoms with Crippen LogP contribution in [-0.2, 0) is 0 Å². The number of hydrogen-bond acceptors (Lipinski definition) is 5. The Bertz CT molecular complexity index is 539. The van der Waals surface area contributed by atoms with Crippen LogP contribution in [0.25, 0.3) is 11.4 Å². The average molecular weight is 271 g/mol. The zero-order chi connectivity index (χ0) is 14.4. The SMILES string of the molecule is CN(C)CCCNc1cc(N)nc(-c2ccccc2)n1. The highest BCUT2D eigenvalue weighted by Gasteiger charge is 2.04. The van der Waals surface area contributed by atoms with Gasteiger partial charge in [0.15, 0.2) is 5.82 Å². The summed E-state index contributed by atoms with van der Waals surface area (Å²) in [6.45, 7) is 1.90. The van der Waals surface area contributed by atoms with Crippen molar-refractivity contribution in [3.05, 3.63) is 36.4 Å². The van der Waals surface area contributed by atoms with Crippen molar-refractivity contribution in [2.75, 3.05) is 38.2 Å². The molecule has 0 aliphatic carbocycles. The summed E-state index contributed by atoms with van der Waals surface area (Å²) in [6.07, 6.45) is 1.05. The molecule has 0 atom stereocenters. The van der Waals surface area contributed by atoms with Crippen molar-refractivity contribution < 1.29 is 0 Å². The fourth-order valence-electron chi connectivity index (χ4n) is 1.88. The first-order chi connectivity index (χ1) is 9.65. The molecule has 0 radical (unpaired) electrons. The first-order valence-corrected chi connectivity index (χ1v) is 6.74. The molecular formula is C15H21N5. The molecule has 0 saturated carbocycles. The van der Waals surface area contributed by atoms with Gasteiger partial charge in [-0.25, -0.2) is 9.97 Å². The lowest BCUT2D eigenvalue weighted by molar-refractivity contribution is 0.405. The Morgan fingerprint density at radius 1 is 1.15 bits per heavy atom. The first-order valence-electron chi connectivity index (χ1n) is 6.74. The van der Waals surface area contributed by atoms with Crippen LogP contribution in [0.4, 0.5) is 11.6 Å². The summed E-state index contributed by atoms with van der Waals surface area (Å²) in [7, 11) is 4.13. The lowest BCUT2D eigenvalue weighted by Gasteiger charge is -2.11. The van der Waals surface area contributed by atoms with E-state index in [2.05, 4.69) is 34.3 Å². The molecule has 0 aliphatic heterocycles. The molecule has 2 aromatic rings. The minimum atomic E-state index is 0.481. The zero-order valence-electron chi connectivity index (χ0n) is 12.0. The monoisotopic (exact) mass is 271 g/mol. The topological polar surface area (TPSA) is 67.1 Å². The molecule has 2 rings (SSSR count). The Morgan fingerprint density at radius 3 is 2.60 bits per heavy atom. The second kappa shape index (κ2) is 6.86. The van der Waals surface area contributed by atoms with Crippen LogP contribution in [0, 0.1) is 0 Å². The highest BCUT2D eigenvalue weighted by molar-refractivity contribution is 5.60. The molecule has 1 aromatic heterocycles. The predicted molar refractivity (Wildman–Crippen MR) is 83.5 cm³/mol. The minimum Gasteiger partial charge on any atom is -0.384 e. The van der Waals surface area contributed by atoms with E-state index in [0.717, 1.165) is 30.9 Å². The van der Waals surface area contributed by atoms with Gasteiger partial charge in [0.25, 0.3) is 0 Å². The van der Waals surface area contributed by atoms with Crippen molar-refractivity contribution in [1.82, 2.24) is 14.9 Å². The second-order valence-electron chi connectivity index (χ2n) is 4.95. The van der Waals surface area contributed by atoms with Gasteiger partial charge < -0.3 is 16.0 Å². The Balaban J connectivity index is 2.05. The van der Waals surface area contributed by atoms with Crippen LogP contribution in [-0.4, -0.2) is 42.1 Å². The van der Waals surface area contributed by atoms with Gasteiger partial charge in [-0.2, -0.15) is 0 Å². The number of anilines is 2. The third kappa shape index (κ3) is 4.20. The Kier molecular flexibility index (Phi) is 4.90. The van der Waals surface area contributed by atoms with Crippen LogP contribution in [0.5, 0.6) is 0 Å². The molecule has 1 aromatic carbocycles. The fourth-order valence-corrected chi connectivity index (χ4v) is 1.88. The third-order valence-corrected chi connectivity index (χ3v) is 2.87.